The molecule has 0 radical (unpaired) electrons. The van der Waals surface area contributed by atoms with Gasteiger partial charge in [0.15, 0.2) is 0 Å². The van der Waals surface area contributed by atoms with Crippen molar-refractivity contribution in [1.82, 2.24) is 5.32 Å². The number of carboxylic acid groups (broad SMARTS) is 1. The van der Waals surface area contributed by atoms with E-state index < -0.39 is 30.2 Å². The van der Waals surface area contributed by atoms with Gasteiger partial charge in [0, 0.05) is 0 Å². The Morgan fingerprint density at radius 1 is 1.50 bits per heavy atom. The Labute approximate surface area is 96.0 Å². The van der Waals surface area contributed by atoms with Crippen molar-refractivity contribution >= 4 is 29.5 Å². The van der Waals surface area contributed by atoms with Crippen LogP contribution >= 0.6 is 11.8 Å². The standard InChI is InChI=1S/C8H11N3O4S/c9-1-2-16-4-7(13)11-5(8(14)15)3-6(10)12/h5H,2-4H2,(H2,10,12)(H,11,13)(H,14,15)/t5-/m1/s1. The van der Waals surface area contributed by atoms with Gasteiger partial charge >= 0.3 is 5.97 Å². The van der Waals surface area contributed by atoms with Gasteiger partial charge in [0.1, 0.15) is 6.04 Å². The Balaban J connectivity index is 4.09. The number of nitriles is 1. The first kappa shape index (κ1) is 14.2. The van der Waals surface area contributed by atoms with Crippen molar-refractivity contribution in [2.45, 2.75) is 12.5 Å². The molecule has 0 unspecified atom stereocenters. The van der Waals surface area contributed by atoms with Crippen molar-refractivity contribution in [2.24, 2.45) is 5.73 Å². The molecule has 88 valence electrons. The molecule has 0 aliphatic rings. The van der Waals surface area contributed by atoms with Crippen LogP contribution in [0.4, 0.5) is 0 Å². The molecule has 0 bridgehead atoms. The number of thioether (sulfide) groups is 1. The largest absolute Gasteiger partial charge is 0.480 e. The van der Waals surface area contributed by atoms with Crippen LogP contribution in [-0.4, -0.2) is 40.4 Å². The van der Waals surface area contributed by atoms with E-state index in [1.165, 1.54) is 0 Å². The molecule has 7 nitrogen and oxygen atoms in total. The second kappa shape index (κ2) is 7.53. The van der Waals surface area contributed by atoms with Crippen LogP contribution < -0.4 is 11.1 Å². The van der Waals surface area contributed by atoms with Crippen LogP contribution in [0.25, 0.3) is 0 Å². The van der Waals surface area contributed by atoms with E-state index in [4.69, 9.17) is 16.1 Å². The van der Waals surface area contributed by atoms with Crippen LogP contribution in [0.5, 0.6) is 0 Å². The molecular weight excluding hydrogens is 234 g/mol. The first-order valence-corrected chi connectivity index (χ1v) is 5.38. The highest BCUT2D eigenvalue weighted by atomic mass is 32.2. The Bertz CT molecular complexity index is 326. The van der Waals surface area contributed by atoms with E-state index in [1.54, 1.807) is 0 Å². The van der Waals surface area contributed by atoms with E-state index >= 15 is 0 Å². The Kier molecular flexibility index (Phi) is 6.71. The summed E-state index contributed by atoms with van der Waals surface area (Å²) < 4.78 is 0. The summed E-state index contributed by atoms with van der Waals surface area (Å²) in [7, 11) is 0. The van der Waals surface area contributed by atoms with Crippen LogP contribution in [0.1, 0.15) is 6.42 Å². The van der Waals surface area contributed by atoms with Crippen molar-refractivity contribution in [1.29, 1.82) is 5.26 Å². The minimum Gasteiger partial charge on any atom is -0.480 e. The number of hydrogen-bond donors (Lipinski definition) is 3. The predicted octanol–water partition coefficient (Wildman–Crippen LogP) is -1.31. The lowest BCUT2D eigenvalue weighted by atomic mass is 10.2. The number of nitrogens with zero attached hydrogens (tertiary/aromatic N) is 1. The Morgan fingerprint density at radius 2 is 2.12 bits per heavy atom. The van der Waals surface area contributed by atoms with Crippen molar-refractivity contribution in [3.63, 3.8) is 0 Å². The van der Waals surface area contributed by atoms with Gasteiger partial charge in [0.05, 0.1) is 24.0 Å². The average molecular weight is 245 g/mol. The second-order valence-corrected chi connectivity index (χ2v) is 3.77. The predicted molar refractivity (Wildman–Crippen MR) is 56.3 cm³/mol. The highest BCUT2D eigenvalue weighted by Crippen LogP contribution is 1.99. The zero-order valence-electron chi connectivity index (χ0n) is 8.30. The van der Waals surface area contributed by atoms with E-state index in [2.05, 4.69) is 5.32 Å². The van der Waals surface area contributed by atoms with Gasteiger partial charge in [-0.1, -0.05) is 0 Å². The van der Waals surface area contributed by atoms with Gasteiger partial charge < -0.3 is 16.2 Å². The molecule has 0 saturated heterocycles. The molecule has 16 heavy (non-hydrogen) atoms. The molecule has 0 saturated carbocycles. The summed E-state index contributed by atoms with van der Waals surface area (Å²) in [5, 5.41) is 19.0. The van der Waals surface area contributed by atoms with E-state index in [1.807, 2.05) is 6.07 Å². The van der Waals surface area contributed by atoms with Crippen LogP contribution in [0.2, 0.25) is 0 Å². The monoisotopic (exact) mass is 245 g/mol. The summed E-state index contributed by atoms with van der Waals surface area (Å²) in [6, 6.07) is 0.512. The van der Waals surface area contributed by atoms with Crippen LogP contribution in [0.15, 0.2) is 0 Å². The van der Waals surface area contributed by atoms with Crippen molar-refractivity contribution < 1.29 is 19.5 Å². The molecule has 0 spiro atoms. The lowest BCUT2D eigenvalue weighted by Crippen LogP contribution is -2.44. The molecule has 0 aliphatic carbocycles. The molecular formula is C8H11N3O4S. The number of carboxylic acids is 1. The Hall–Kier alpha value is -1.75. The van der Waals surface area contributed by atoms with E-state index in [0.717, 1.165) is 11.8 Å². The van der Waals surface area contributed by atoms with Gasteiger partial charge in [-0.3, -0.25) is 9.59 Å². The SMILES string of the molecule is N#CCSCC(=O)N[C@H](CC(N)=O)C(=O)O. The summed E-state index contributed by atoms with van der Waals surface area (Å²) >= 11 is 1.05. The summed E-state index contributed by atoms with van der Waals surface area (Å²) in [5.74, 6) is -2.57. The first-order valence-electron chi connectivity index (χ1n) is 4.22. The summed E-state index contributed by atoms with van der Waals surface area (Å²) in [6.07, 6.45) is -0.454. The molecule has 8 heteroatoms. The summed E-state index contributed by atoms with van der Waals surface area (Å²) in [4.78, 5) is 32.3. The number of rotatable bonds is 7. The van der Waals surface area contributed by atoms with Gasteiger partial charge in [-0.25, -0.2) is 4.79 Å². The fourth-order valence-corrected chi connectivity index (χ4v) is 1.29. The van der Waals surface area contributed by atoms with E-state index in [0.29, 0.717) is 0 Å². The highest BCUT2D eigenvalue weighted by Gasteiger charge is 2.21. The molecule has 0 fully saturated rings. The van der Waals surface area contributed by atoms with Gasteiger partial charge in [-0.15, -0.1) is 11.8 Å². The number of carbonyl (C=O) groups excluding carboxylic acids is 2. The third kappa shape index (κ3) is 6.67. The lowest BCUT2D eigenvalue weighted by molar-refractivity contribution is -0.143. The molecule has 0 rings (SSSR count). The summed E-state index contributed by atoms with van der Waals surface area (Å²) in [6.45, 7) is 0. The number of nitrogens with two attached hydrogens (primary N) is 1. The van der Waals surface area contributed by atoms with Crippen molar-refractivity contribution in [2.75, 3.05) is 11.5 Å². The topological polar surface area (TPSA) is 133 Å². The molecule has 0 heterocycles. The average Bonchev–Trinajstić information content (AvgIpc) is 2.16. The molecule has 0 aromatic carbocycles. The molecule has 2 amide bonds. The number of carbonyl (C=O) groups is 3. The van der Waals surface area contributed by atoms with E-state index in [9.17, 15) is 14.4 Å². The number of hydrogen-bond acceptors (Lipinski definition) is 5. The van der Waals surface area contributed by atoms with Crippen LogP contribution in [0, 0.1) is 11.3 Å². The number of nitrogens with one attached hydrogen (secondary N) is 1. The maximum atomic E-state index is 11.2. The first-order chi connectivity index (χ1) is 7.47. The quantitative estimate of drug-likeness (QED) is 0.477. The second-order valence-electron chi connectivity index (χ2n) is 2.78. The molecule has 0 aromatic heterocycles. The fraction of sp³-hybridized carbons (Fsp3) is 0.500. The maximum absolute atomic E-state index is 11.2. The van der Waals surface area contributed by atoms with Crippen LogP contribution in [-0.2, 0) is 14.4 Å². The van der Waals surface area contributed by atoms with Gasteiger partial charge in [-0.2, -0.15) is 5.26 Å². The third-order valence-corrected chi connectivity index (χ3v) is 2.24. The number of primary amides is 1. The molecule has 0 aliphatic heterocycles. The van der Waals surface area contributed by atoms with Crippen molar-refractivity contribution in [3.05, 3.63) is 0 Å². The number of aliphatic carboxylic acids is 1. The van der Waals surface area contributed by atoms with Gasteiger partial charge in [-0.05, 0) is 0 Å². The minimum absolute atomic E-state index is 0.0316. The van der Waals surface area contributed by atoms with Gasteiger partial charge in [0.2, 0.25) is 11.8 Å². The van der Waals surface area contributed by atoms with E-state index in [-0.39, 0.29) is 11.5 Å². The molecule has 1 atom stereocenters. The minimum atomic E-state index is -1.32. The molecule has 4 N–H and O–H groups in total. The maximum Gasteiger partial charge on any atom is 0.326 e. The van der Waals surface area contributed by atoms with Gasteiger partial charge in [0.25, 0.3) is 0 Å². The zero-order chi connectivity index (χ0) is 12.6. The molecule has 0 aromatic rings. The smallest absolute Gasteiger partial charge is 0.326 e. The normalized spacial score (nSPS) is 11.2. The summed E-state index contributed by atoms with van der Waals surface area (Å²) in [5.41, 5.74) is 4.83. The van der Waals surface area contributed by atoms with Crippen molar-refractivity contribution in [3.8, 4) is 6.07 Å². The Morgan fingerprint density at radius 3 is 2.56 bits per heavy atom. The number of amides is 2. The lowest BCUT2D eigenvalue weighted by Gasteiger charge is -2.11. The van der Waals surface area contributed by atoms with Crippen LogP contribution in [0.3, 0.4) is 0 Å². The zero-order valence-corrected chi connectivity index (χ0v) is 9.12. The highest BCUT2D eigenvalue weighted by molar-refractivity contribution is 8.00. The third-order valence-electron chi connectivity index (χ3n) is 1.44. The fourth-order valence-electron chi connectivity index (χ4n) is 0.827.